The van der Waals surface area contributed by atoms with Crippen LogP contribution in [0.3, 0.4) is 0 Å². The molecule has 1 aromatic carbocycles. The lowest BCUT2D eigenvalue weighted by atomic mass is 9.74. The fraction of sp³-hybridized carbons (Fsp3) is 0.714. The van der Waals surface area contributed by atoms with Gasteiger partial charge in [-0.15, -0.1) is 0 Å². The third-order valence-electron chi connectivity index (χ3n) is 9.00. The third kappa shape index (κ3) is 6.16. The largest absolute Gasteiger partial charge is 0.416 e. The van der Waals surface area contributed by atoms with Gasteiger partial charge < -0.3 is 15.0 Å². The summed E-state index contributed by atoms with van der Waals surface area (Å²) in [5, 5.41) is 5.47. The molecule has 0 unspecified atom stereocenters. The van der Waals surface area contributed by atoms with E-state index in [1.54, 1.807) is 6.07 Å². The van der Waals surface area contributed by atoms with E-state index in [-0.39, 0.29) is 5.54 Å². The smallest absolute Gasteiger partial charge is 0.376 e. The van der Waals surface area contributed by atoms with E-state index in [9.17, 15) is 13.2 Å². The highest BCUT2D eigenvalue weighted by molar-refractivity contribution is 6.91. The highest BCUT2D eigenvalue weighted by Crippen LogP contribution is 2.36. The van der Waals surface area contributed by atoms with E-state index in [0.717, 1.165) is 42.1 Å². The summed E-state index contributed by atoms with van der Waals surface area (Å²) in [4.78, 5) is 3.57. The van der Waals surface area contributed by atoms with Crippen LogP contribution in [0, 0.1) is 5.92 Å². The number of benzene rings is 1. The second kappa shape index (κ2) is 11.8. The molecule has 0 aliphatic heterocycles. The molecule has 0 radical (unpaired) electrons. The van der Waals surface area contributed by atoms with Crippen LogP contribution in [0.4, 0.5) is 13.2 Å². The maximum atomic E-state index is 13.5. The fourth-order valence-corrected chi connectivity index (χ4v) is 9.98. The molecule has 1 heterocycles. The van der Waals surface area contributed by atoms with Crippen LogP contribution in [0.5, 0.6) is 0 Å². The standard InChI is InChI=1S/C28H45F3N2OSi/c1-6-10-15-27(32-5)16-13-21(14-17-27)19-34-20-24-23-18-22(28(29,30)31)11-12-25(23)33-26(24)35(7-2,8-3)9-4/h11-12,18,21,32-33H,6-10,13-17,19-20H2,1-5H3. The van der Waals surface area contributed by atoms with Gasteiger partial charge in [-0.05, 0) is 63.3 Å². The second-order valence-corrected chi connectivity index (χ2v) is 15.9. The first-order valence-corrected chi connectivity index (χ1v) is 16.3. The zero-order valence-corrected chi connectivity index (χ0v) is 23.3. The third-order valence-corrected chi connectivity index (χ3v) is 14.5. The molecular formula is C28H45F3N2OSi. The Hall–Kier alpha value is -1.31. The van der Waals surface area contributed by atoms with Gasteiger partial charge in [0.1, 0.15) is 8.07 Å². The van der Waals surface area contributed by atoms with E-state index >= 15 is 0 Å². The molecule has 0 spiro atoms. The van der Waals surface area contributed by atoms with Crippen LogP contribution < -0.4 is 10.6 Å². The first-order chi connectivity index (χ1) is 16.7. The molecule has 0 amide bonds. The number of aromatic amines is 1. The summed E-state index contributed by atoms with van der Waals surface area (Å²) in [5.74, 6) is 0.517. The average Bonchev–Trinajstić information content (AvgIpc) is 3.23. The topological polar surface area (TPSA) is 37.0 Å². The lowest BCUT2D eigenvalue weighted by Gasteiger charge is -2.40. The molecule has 0 saturated heterocycles. The van der Waals surface area contributed by atoms with Crippen molar-refractivity contribution in [3.8, 4) is 0 Å². The van der Waals surface area contributed by atoms with Crippen LogP contribution in [0.1, 0.15) is 83.8 Å². The Morgan fingerprint density at radius 2 is 1.74 bits per heavy atom. The van der Waals surface area contributed by atoms with Crippen molar-refractivity contribution in [3.63, 3.8) is 0 Å². The van der Waals surface area contributed by atoms with Crippen LogP contribution in [0.15, 0.2) is 18.2 Å². The molecular weight excluding hydrogens is 465 g/mol. The molecule has 3 rings (SSSR count). The second-order valence-electron chi connectivity index (χ2n) is 10.7. The Bertz CT molecular complexity index is 935. The van der Waals surface area contributed by atoms with Gasteiger partial charge in [0.15, 0.2) is 0 Å². The maximum Gasteiger partial charge on any atom is 0.416 e. The first-order valence-electron chi connectivity index (χ1n) is 13.7. The van der Waals surface area contributed by atoms with Gasteiger partial charge in [-0.1, -0.05) is 58.7 Å². The van der Waals surface area contributed by atoms with Crippen LogP contribution in [-0.4, -0.2) is 32.3 Å². The molecule has 1 aliphatic rings. The molecule has 0 bridgehead atoms. The Labute approximate surface area is 210 Å². The van der Waals surface area contributed by atoms with Crippen LogP contribution in [0.2, 0.25) is 18.1 Å². The number of hydrogen-bond donors (Lipinski definition) is 2. The van der Waals surface area contributed by atoms with Gasteiger partial charge in [0.25, 0.3) is 0 Å². The summed E-state index contributed by atoms with van der Waals surface area (Å²) in [5.41, 5.74) is 1.44. The summed E-state index contributed by atoms with van der Waals surface area (Å²) < 4.78 is 46.8. The fourth-order valence-electron chi connectivity index (χ4n) is 6.17. The number of unbranched alkanes of at least 4 members (excludes halogenated alkanes) is 1. The molecule has 1 fully saturated rings. The number of alkyl halides is 3. The van der Waals surface area contributed by atoms with Crippen LogP contribution in [0.25, 0.3) is 10.9 Å². The van der Waals surface area contributed by atoms with Gasteiger partial charge >= 0.3 is 6.18 Å². The molecule has 3 nitrogen and oxygen atoms in total. The van der Waals surface area contributed by atoms with Crippen molar-refractivity contribution < 1.29 is 17.9 Å². The molecule has 2 aromatic rings. The summed E-state index contributed by atoms with van der Waals surface area (Å²) in [7, 11) is 0.253. The van der Waals surface area contributed by atoms with Gasteiger partial charge in [0, 0.05) is 33.9 Å². The molecule has 1 saturated carbocycles. The monoisotopic (exact) mass is 510 g/mol. The predicted molar refractivity (Wildman–Crippen MR) is 143 cm³/mol. The summed E-state index contributed by atoms with van der Waals surface area (Å²) in [6.45, 7) is 9.99. The van der Waals surface area contributed by atoms with Crippen LogP contribution in [-0.2, 0) is 17.5 Å². The molecule has 7 heteroatoms. The number of halogens is 3. The number of H-pyrrole nitrogens is 1. The van der Waals surface area contributed by atoms with Crippen molar-refractivity contribution in [3.05, 3.63) is 29.3 Å². The molecule has 35 heavy (non-hydrogen) atoms. The molecule has 2 N–H and O–H groups in total. The Morgan fingerprint density at radius 1 is 1.09 bits per heavy atom. The number of rotatable bonds is 12. The first kappa shape index (κ1) is 28.3. The minimum absolute atomic E-state index is 0.263. The Morgan fingerprint density at radius 3 is 2.29 bits per heavy atom. The van der Waals surface area contributed by atoms with Gasteiger partial charge in [0.2, 0.25) is 0 Å². The van der Waals surface area contributed by atoms with E-state index in [1.807, 2.05) is 0 Å². The van der Waals surface area contributed by atoms with Crippen molar-refractivity contribution in [2.24, 2.45) is 5.92 Å². The number of aromatic nitrogens is 1. The average molecular weight is 511 g/mol. The normalized spacial score (nSPS) is 21.7. The number of nitrogens with one attached hydrogen (secondary N) is 2. The number of fused-ring (bicyclic) bond motifs is 1. The molecule has 0 atom stereocenters. The minimum atomic E-state index is -4.35. The lowest BCUT2D eigenvalue weighted by Crippen LogP contribution is -2.48. The van der Waals surface area contributed by atoms with E-state index in [0.29, 0.717) is 24.5 Å². The quantitative estimate of drug-likeness (QED) is 0.286. The molecule has 198 valence electrons. The Kier molecular flexibility index (Phi) is 9.55. The van der Waals surface area contributed by atoms with Crippen molar-refractivity contribution in [1.82, 2.24) is 10.3 Å². The zero-order valence-electron chi connectivity index (χ0n) is 22.3. The van der Waals surface area contributed by atoms with E-state index < -0.39 is 19.8 Å². The van der Waals surface area contributed by atoms with E-state index in [4.69, 9.17) is 4.74 Å². The number of hydrogen-bond acceptors (Lipinski definition) is 2. The van der Waals surface area contributed by atoms with E-state index in [2.05, 4.69) is 45.0 Å². The summed E-state index contributed by atoms with van der Waals surface area (Å²) in [6, 6.07) is 7.31. The van der Waals surface area contributed by atoms with Gasteiger partial charge in [-0.3, -0.25) is 0 Å². The highest BCUT2D eigenvalue weighted by Gasteiger charge is 2.36. The maximum absolute atomic E-state index is 13.5. The summed E-state index contributed by atoms with van der Waals surface area (Å²) >= 11 is 0. The van der Waals surface area contributed by atoms with Crippen molar-refractivity contribution >= 4 is 24.3 Å². The molecule has 1 aliphatic carbocycles. The van der Waals surface area contributed by atoms with Crippen molar-refractivity contribution in [1.29, 1.82) is 0 Å². The zero-order chi connectivity index (χ0) is 25.7. The lowest BCUT2D eigenvalue weighted by molar-refractivity contribution is -0.137. The predicted octanol–water partition coefficient (Wildman–Crippen LogP) is 7.76. The van der Waals surface area contributed by atoms with Gasteiger partial charge in [-0.25, -0.2) is 0 Å². The minimum Gasteiger partial charge on any atom is -0.376 e. The van der Waals surface area contributed by atoms with Crippen LogP contribution >= 0.6 is 0 Å². The van der Waals surface area contributed by atoms with E-state index in [1.165, 1.54) is 49.6 Å². The van der Waals surface area contributed by atoms with Gasteiger partial charge in [-0.2, -0.15) is 13.2 Å². The summed E-state index contributed by atoms with van der Waals surface area (Å²) in [6.07, 6.45) is 3.97. The number of ether oxygens (including phenoxy) is 1. The molecule has 1 aromatic heterocycles. The van der Waals surface area contributed by atoms with Gasteiger partial charge in [0.05, 0.1) is 12.2 Å². The van der Waals surface area contributed by atoms with Crippen molar-refractivity contribution in [2.75, 3.05) is 13.7 Å². The SMILES string of the molecule is CCCCC1(NC)CCC(COCc2c([Si](CC)(CC)CC)[nH]c3ccc(C(F)(F)F)cc23)CC1. The highest BCUT2D eigenvalue weighted by atomic mass is 28.3. The van der Waals surface area contributed by atoms with Crippen molar-refractivity contribution in [2.45, 2.75) is 109 Å². The Balaban J connectivity index is 1.80.